The van der Waals surface area contributed by atoms with Gasteiger partial charge in [-0.25, -0.2) is 0 Å². The minimum Gasteiger partial charge on any atom is -0.369 e. The molecule has 1 aliphatic rings. The van der Waals surface area contributed by atoms with Crippen molar-refractivity contribution < 1.29 is 4.74 Å². The predicted molar refractivity (Wildman–Crippen MR) is 69.0 cm³/mol. The molecule has 0 saturated carbocycles. The molecular weight excluding hydrogens is 208 g/mol. The molecule has 1 nitrogen and oxygen atoms in total. The lowest BCUT2D eigenvalue weighted by atomic mass is 10.0. The minimum atomic E-state index is 0.414. The van der Waals surface area contributed by atoms with Crippen molar-refractivity contribution in [1.29, 1.82) is 0 Å². The van der Waals surface area contributed by atoms with Gasteiger partial charge in [0.2, 0.25) is 0 Å². The van der Waals surface area contributed by atoms with Gasteiger partial charge in [-0.1, -0.05) is 60.7 Å². The third-order valence-corrected chi connectivity index (χ3v) is 3.25. The summed E-state index contributed by atoms with van der Waals surface area (Å²) in [6.45, 7) is 0. The summed E-state index contributed by atoms with van der Waals surface area (Å²) in [5.74, 6) is 0. The zero-order valence-corrected chi connectivity index (χ0v) is 9.75. The Bertz CT molecular complexity index is 418. The number of epoxide rings is 1. The van der Waals surface area contributed by atoms with Crippen LogP contribution in [0.2, 0.25) is 0 Å². The van der Waals surface area contributed by atoms with E-state index >= 15 is 0 Å². The fraction of sp³-hybridized carbons (Fsp3) is 0.250. The quantitative estimate of drug-likeness (QED) is 0.726. The molecule has 0 bridgehead atoms. The van der Waals surface area contributed by atoms with E-state index in [1.807, 2.05) is 0 Å². The molecule has 0 unspecified atom stereocenters. The summed E-state index contributed by atoms with van der Waals surface area (Å²) in [6, 6.07) is 21.1. The maximum atomic E-state index is 5.72. The lowest BCUT2D eigenvalue weighted by Gasteiger charge is -1.98. The highest BCUT2D eigenvalue weighted by Gasteiger charge is 2.38. The average molecular weight is 224 g/mol. The van der Waals surface area contributed by atoms with Gasteiger partial charge in [0.25, 0.3) is 0 Å². The largest absolute Gasteiger partial charge is 0.369 e. The van der Waals surface area contributed by atoms with E-state index < -0.39 is 0 Å². The van der Waals surface area contributed by atoms with Crippen LogP contribution in [0, 0.1) is 0 Å². The van der Waals surface area contributed by atoms with Gasteiger partial charge < -0.3 is 4.74 Å². The number of rotatable bonds is 4. The molecule has 2 aromatic rings. The van der Waals surface area contributed by atoms with Gasteiger partial charge >= 0.3 is 0 Å². The first-order valence-corrected chi connectivity index (χ1v) is 6.15. The lowest BCUT2D eigenvalue weighted by Crippen LogP contribution is -2.01. The topological polar surface area (TPSA) is 12.5 Å². The summed E-state index contributed by atoms with van der Waals surface area (Å²) in [6.07, 6.45) is 2.91. The summed E-state index contributed by atoms with van der Waals surface area (Å²) < 4.78 is 5.72. The number of benzene rings is 2. The smallest absolute Gasteiger partial charge is 0.0885 e. The molecule has 1 heteroatoms. The molecule has 0 spiro atoms. The van der Waals surface area contributed by atoms with Crippen LogP contribution in [0.25, 0.3) is 0 Å². The fourth-order valence-corrected chi connectivity index (χ4v) is 2.23. The Morgan fingerprint density at radius 3 is 1.47 bits per heavy atom. The van der Waals surface area contributed by atoms with Gasteiger partial charge in [0, 0.05) is 12.8 Å². The molecule has 0 N–H and O–H groups in total. The molecule has 1 heterocycles. The zero-order valence-electron chi connectivity index (χ0n) is 9.75. The molecule has 86 valence electrons. The maximum absolute atomic E-state index is 5.72. The van der Waals surface area contributed by atoms with Crippen LogP contribution >= 0.6 is 0 Å². The molecule has 1 fully saturated rings. The minimum absolute atomic E-state index is 0.414. The Kier molecular flexibility index (Phi) is 2.93. The lowest BCUT2D eigenvalue weighted by molar-refractivity contribution is 0.368. The Hall–Kier alpha value is -1.60. The van der Waals surface area contributed by atoms with Crippen LogP contribution in [-0.2, 0) is 17.6 Å². The van der Waals surface area contributed by atoms with E-state index in [1.54, 1.807) is 0 Å². The first kappa shape index (κ1) is 10.5. The summed E-state index contributed by atoms with van der Waals surface area (Å²) in [4.78, 5) is 0. The molecule has 0 radical (unpaired) electrons. The summed E-state index contributed by atoms with van der Waals surface area (Å²) in [7, 11) is 0. The van der Waals surface area contributed by atoms with Crippen LogP contribution in [-0.4, -0.2) is 12.2 Å². The van der Waals surface area contributed by atoms with E-state index in [0.29, 0.717) is 12.2 Å². The van der Waals surface area contributed by atoms with Gasteiger partial charge in [-0.15, -0.1) is 0 Å². The maximum Gasteiger partial charge on any atom is 0.0885 e. The molecule has 2 atom stereocenters. The highest BCUT2D eigenvalue weighted by Crippen LogP contribution is 2.29. The van der Waals surface area contributed by atoms with Crippen molar-refractivity contribution >= 4 is 0 Å². The zero-order chi connectivity index (χ0) is 11.5. The Labute approximate surface area is 102 Å². The Balaban J connectivity index is 1.54. The molecule has 17 heavy (non-hydrogen) atoms. The molecule has 0 aliphatic carbocycles. The van der Waals surface area contributed by atoms with Crippen molar-refractivity contribution in [2.45, 2.75) is 25.0 Å². The van der Waals surface area contributed by atoms with Crippen molar-refractivity contribution in [2.24, 2.45) is 0 Å². The number of hydrogen-bond acceptors (Lipinski definition) is 1. The number of ether oxygens (including phenoxy) is 1. The summed E-state index contributed by atoms with van der Waals surface area (Å²) >= 11 is 0. The monoisotopic (exact) mass is 224 g/mol. The second kappa shape index (κ2) is 4.72. The molecule has 1 aliphatic heterocycles. The predicted octanol–water partition coefficient (Wildman–Crippen LogP) is 3.24. The molecular formula is C16H16O. The van der Waals surface area contributed by atoms with Crippen LogP contribution in [0.5, 0.6) is 0 Å². The first-order valence-electron chi connectivity index (χ1n) is 6.15. The molecule has 0 amide bonds. The van der Waals surface area contributed by atoms with E-state index in [4.69, 9.17) is 4.74 Å². The second-order valence-electron chi connectivity index (χ2n) is 4.59. The summed E-state index contributed by atoms with van der Waals surface area (Å²) in [5.41, 5.74) is 2.74. The van der Waals surface area contributed by atoms with Crippen molar-refractivity contribution in [3.05, 3.63) is 71.8 Å². The van der Waals surface area contributed by atoms with Crippen LogP contribution in [0.4, 0.5) is 0 Å². The van der Waals surface area contributed by atoms with Gasteiger partial charge in [-0.3, -0.25) is 0 Å². The summed E-state index contributed by atoms with van der Waals surface area (Å²) in [5, 5.41) is 0. The van der Waals surface area contributed by atoms with E-state index in [-0.39, 0.29) is 0 Å². The molecule has 2 aromatic carbocycles. The number of hydrogen-bond donors (Lipinski definition) is 0. The highest BCUT2D eigenvalue weighted by molar-refractivity contribution is 5.20. The van der Waals surface area contributed by atoms with Crippen molar-refractivity contribution in [3.8, 4) is 0 Å². The van der Waals surface area contributed by atoms with Gasteiger partial charge in [0.15, 0.2) is 0 Å². The molecule has 1 saturated heterocycles. The third-order valence-electron chi connectivity index (χ3n) is 3.25. The third kappa shape index (κ3) is 2.75. The SMILES string of the molecule is c1ccc(C[C@@H]2O[C@H]2Cc2ccccc2)cc1. The van der Waals surface area contributed by atoms with Crippen LogP contribution < -0.4 is 0 Å². The van der Waals surface area contributed by atoms with Crippen LogP contribution in [0.3, 0.4) is 0 Å². The van der Waals surface area contributed by atoms with Crippen LogP contribution in [0.15, 0.2) is 60.7 Å². The van der Waals surface area contributed by atoms with Crippen LogP contribution in [0.1, 0.15) is 11.1 Å². The molecule has 0 aromatic heterocycles. The normalized spacial score (nSPS) is 22.4. The Morgan fingerprint density at radius 2 is 1.06 bits per heavy atom. The highest BCUT2D eigenvalue weighted by atomic mass is 16.6. The van der Waals surface area contributed by atoms with Crippen molar-refractivity contribution in [1.82, 2.24) is 0 Å². The average Bonchev–Trinajstić information content (AvgIpc) is 3.10. The standard InChI is InChI=1S/C16H16O/c1-3-7-13(8-4-1)11-15-16(17-15)12-14-9-5-2-6-10-14/h1-10,15-16H,11-12H2/t15-,16-/m0/s1. The van der Waals surface area contributed by atoms with E-state index in [1.165, 1.54) is 11.1 Å². The van der Waals surface area contributed by atoms with E-state index in [0.717, 1.165) is 12.8 Å². The van der Waals surface area contributed by atoms with Crippen molar-refractivity contribution in [3.63, 3.8) is 0 Å². The Morgan fingerprint density at radius 1 is 0.647 bits per heavy atom. The first-order chi connectivity index (χ1) is 8.42. The van der Waals surface area contributed by atoms with Crippen molar-refractivity contribution in [2.75, 3.05) is 0 Å². The van der Waals surface area contributed by atoms with Gasteiger partial charge in [-0.05, 0) is 11.1 Å². The van der Waals surface area contributed by atoms with E-state index in [9.17, 15) is 0 Å². The van der Waals surface area contributed by atoms with E-state index in [2.05, 4.69) is 60.7 Å². The second-order valence-corrected chi connectivity index (χ2v) is 4.59. The molecule has 3 rings (SSSR count). The van der Waals surface area contributed by atoms with Gasteiger partial charge in [0.1, 0.15) is 0 Å². The van der Waals surface area contributed by atoms with Gasteiger partial charge in [-0.2, -0.15) is 0 Å². The van der Waals surface area contributed by atoms with Gasteiger partial charge in [0.05, 0.1) is 12.2 Å². The fourth-order valence-electron chi connectivity index (χ4n) is 2.23.